The largest absolute Gasteiger partial charge is 0.478 e. The number of pyridine rings is 1. The molecule has 0 spiro atoms. The molecular formula is C16H21N5O4. The number of rotatable bonds is 7. The minimum absolute atomic E-state index is 0.105. The zero-order valence-corrected chi connectivity index (χ0v) is 14.0. The predicted molar refractivity (Wildman–Crippen MR) is 87.9 cm³/mol. The van der Waals surface area contributed by atoms with Crippen LogP contribution < -0.4 is 15.4 Å². The van der Waals surface area contributed by atoms with Gasteiger partial charge < -0.3 is 24.6 Å². The summed E-state index contributed by atoms with van der Waals surface area (Å²) < 4.78 is 15.9. The monoisotopic (exact) mass is 347 g/mol. The number of aromatic nitrogens is 3. The summed E-state index contributed by atoms with van der Waals surface area (Å²) in [6.45, 7) is 3.86. The average molecular weight is 347 g/mol. The first kappa shape index (κ1) is 17.2. The highest BCUT2D eigenvalue weighted by Crippen LogP contribution is 2.17. The molecule has 1 fully saturated rings. The highest BCUT2D eigenvalue weighted by Gasteiger charge is 2.16. The Morgan fingerprint density at radius 3 is 3.04 bits per heavy atom. The molecule has 9 nitrogen and oxygen atoms in total. The van der Waals surface area contributed by atoms with Crippen LogP contribution in [0.4, 0.5) is 4.79 Å². The van der Waals surface area contributed by atoms with Crippen LogP contribution in [0, 0.1) is 0 Å². The molecule has 0 saturated carbocycles. The van der Waals surface area contributed by atoms with Gasteiger partial charge in [-0.1, -0.05) is 5.16 Å². The molecule has 2 aromatic rings. The Hall–Kier alpha value is -2.68. The zero-order valence-electron chi connectivity index (χ0n) is 14.0. The van der Waals surface area contributed by atoms with Crippen LogP contribution in [-0.2, 0) is 11.3 Å². The SMILES string of the molecule is CCOc1ccc(-c2noc(CNC(=O)NCC3CCCO3)n2)cn1. The van der Waals surface area contributed by atoms with Gasteiger partial charge in [-0.15, -0.1) is 0 Å². The molecule has 3 rings (SSSR count). The Labute approximate surface area is 145 Å². The van der Waals surface area contributed by atoms with Crippen molar-refractivity contribution in [1.82, 2.24) is 25.8 Å². The summed E-state index contributed by atoms with van der Waals surface area (Å²) in [4.78, 5) is 20.2. The van der Waals surface area contributed by atoms with Crippen molar-refractivity contribution in [1.29, 1.82) is 0 Å². The Kier molecular flexibility index (Phi) is 5.78. The number of ether oxygens (including phenoxy) is 2. The molecule has 1 atom stereocenters. The van der Waals surface area contributed by atoms with Gasteiger partial charge in [-0.05, 0) is 25.8 Å². The molecule has 0 bridgehead atoms. The normalized spacial score (nSPS) is 16.6. The lowest BCUT2D eigenvalue weighted by Crippen LogP contribution is -2.39. The summed E-state index contributed by atoms with van der Waals surface area (Å²) in [5.41, 5.74) is 0.710. The number of urea groups is 1. The second-order valence-corrected chi connectivity index (χ2v) is 5.53. The highest BCUT2D eigenvalue weighted by molar-refractivity contribution is 5.73. The third kappa shape index (κ3) is 4.90. The fourth-order valence-electron chi connectivity index (χ4n) is 2.42. The van der Waals surface area contributed by atoms with Gasteiger partial charge in [0.05, 0.1) is 19.3 Å². The standard InChI is InChI=1S/C16H21N5O4/c1-2-23-13-6-5-11(8-17-13)15-20-14(25-21-15)10-19-16(22)18-9-12-4-3-7-24-12/h5-6,8,12H,2-4,7,9-10H2,1H3,(H2,18,19,22). The summed E-state index contributed by atoms with van der Waals surface area (Å²) in [6.07, 6.45) is 3.73. The van der Waals surface area contributed by atoms with E-state index in [-0.39, 0.29) is 18.7 Å². The van der Waals surface area contributed by atoms with Crippen LogP contribution >= 0.6 is 0 Å². The van der Waals surface area contributed by atoms with Gasteiger partial charge in [0, 0.05) is 31.0 Å². The lowest BCUT2D eigenvalue weighted by atomic mass is 10.2. The van der Waals surface area contributed by atoms with E-state index in [9.17, 15) is 4.79 Å². The Morgan fingerprint density at radius 2 is 2.32 bits per heavy atom. The van der Waals surface area contributed by atoms with Gasteiger partial charge in [-0.25, -0.2) is 9.78 Å². The Balaban J connectivity index is 1.46. The van der Waals surface area contributed by atoms with Crippen LogP contribution in [0.15, 0.2) is 22.9 Å². The van der Waals surface area contributed by atoms with Gasteiger partial charge in [-0.2, -0.15) is 4.98 Å². The van der Waals surface area contributed by atoms with E-state index in [2.05, 4.69) is 25.8 Å². The van der Waals surface area contributed by atoms with E-state index in [0.29, 0.717) is 36.3 Å². The number of hydrogen-bond donors (Lipinski definition) is 2. The molecule has 0 radical (unpaired) electrons. The maximum Gasteiger partial charge on any atom is 0.315 e. The van der Waals surface area contributed by atoms with Gasteiger partial charge in [-0.3, -0.25) is 0 Å². The molecule has 2 N–H and O–H groups in total. The molecule has 1 aliphatic rings. The van der Waals surface area contributed by atoms with Crippen molar-refractivity contribution < 1.29 is 18.8 Å². The van der Waals surface area contributed by atoms with E-state index in [1.165, 1.54) is 0 Å². The molecule has 25 heavy (non-hydrogen) atoms. The first-order chi connectivity index (χ1) is 12.2. The summed E-state index contributed by atoms with van der Waals surface area (Å²) in [5.74, 6) is 1.27. The van der Waals surface area contributed by atoms with Crippen molar-refractivity contribution in [2.45, 2.75) is 32.4 Å². The first-order valence-electron chi connectivity index (χ1n) is 8.29. The van der Waals surface area contributed by atoms with Crippen LogP contribution in [0.3, 0.4) is 0 Å². The number of hydrogen-bond acceptors (Lipinski definition) is 7. The zero-order chi connectivity index (χ0) is 17.5. The lowest BCUT2D eigenvalue weighted by Gasteiger charge is -2.10. The number of nitrogens with one attached hydrogen (secondary N) is 2. The van der Waals surface area contributed by atoms with E-state index in [1.807, 2.05) is 6.92 Å². The number of amides is 2. The Bertz CT molecular complexity index is 682. The molecule has 2 amide bonds. The molecule has 0 aromatic carbocycles. The minimum Gasteiger partial charge on any atom is -0.478 e. The summed E-state index contributed by atoms with van der Waals surface area (Å²) in [5, 5.41) is 9.33. The fourth-order valence-corrected chi connectivity index (χ4v) is 2.42. The van der Waals surface area contributed by atoms with Crippen molar-refractivity contribution in [3.63, 3.8) is 0 Å². The van der Waals surface area contributed by atoms with E-state index < -0.39 is 0 Å². The topological polar surface area (TPSA) is 111 Å². The number of carbonyl (C=O) groups is 1. The van der Waals surface area contributed by atoms with Crippen LogP contribution in [0.2, 0.25) is 0 Å². The van der Waals surface area contributed by atoms with Crippen LogP contribution in [0.5, 0.6) is 5.88 Å². The molecule has 9 heteroatoms. The first-order valence-corrected chi connectivity index (χ1v) is 8.29. The molecule has 2 aromatic heterocycles. The van der Waals surface area contributed by atoms with Crippen molar-refractivity contribution >= 4 is 6.03 Å². The third-order valence-corrected chi connectivity index (χ3v) is 3.67. The van der Waals surface area contributed by atoms with Gasteiger partial charge >= 0.3 is 6.03 Å². The molecule has 1 unspecified atom stereocenters. The van der Waals surface area contributed by atoms with Gasteiger partial charge in [0.15, 0.2) is 0 Å². The molecule has 1 saturated heterocycles. The van der Waals surface area contributed by atoms with E-state index in [0.717, 1.165) is 19.4 Å². The predicted octanol–water partition coefficient (Wildman–Crippen LogP) is 1.51. The van der Waals surface area contributed by atoms with Crippen LogP contribution in [-0.4, -0.2) is 47.0 Å². The van der Waals surface area contributed by atoms with E-state index >= 15 is 0 Å². The lowest BCUT2D eigenvalue weighted by molar-refractivity contribution is 0.111. The highest BCUT2D eigenvalue weighted by atomic mass is 16.5. The number of nitrogens with zero attached hydrogens (tertiary/aromatic N) is 3. The second-order valence-electron chi connectivity index (χ2n) is 5.53. The Morgan fingerprint density at radius 1 is 1.40 bits per heavy atom. The quantitative estimate of drug-likeness (QED) is 0.781. The van der Waals surface area contributed by atoms with Crippen molar-refractivity contribution in [2.75, 3.05) is 19.8 Å². The molecule has 134 valence electrons. The van der Waals surface area contributed by atoms with Crippen molar-refractivity contribution in [3.8, 4) is 17.3 Å². The van der Waals surface area contributed by atoms with Crippen molar-refractivity contribution in [3.05, 3.63) is 24.2 Å². The minimum atomic E-state index is -0.294. The third-order valence-electron chi connectivity index (χ3n) is 3.67. The summed E-state index contributed by atoms with van der Waals surface area (Å²) in [6, 6.07) is 3.25. The van der Waals surface area contributed by atoms with Crippen molar-refractivity contribution in [2.24, 2.45) is 0 Å². The molecule has 3 heterocycles. The number of carbonyl (C=O) groups excluding carboxylic acids is 1. The summed E-state index contributed by atoms with van der Waals surface area (Å²) >= 11 is 0. The van der Waals surface area contributed by atoms with Gasteiger partial charge in [0.25, 0.3) is 0 Å². The molecular weight excluding hydrogens is 326 g/mol. The van der Waals surface area contributed by atoms with E-state index in [4.69, 9.17) is 14.0 Å². The van der Waals surface area contributed by atoms with Gasteiger partial charge in [0.1, 0.15) is 0 Å². The summed E-state index contributed by atoms with van der Waals surface area (Å²) in [7, 11) is 0. The molecule has 1 aliphatic heterocycles. The smallest absolute Gasteiger partial charge is 0.315 e. The van der Waals surface area contributed by atoms with Crippen LogP contribution in [0.1, 0.15) is 25.7 Å². The van der Waals surface area contributed by atoms with E-state index in [1.54, 1.807) is 18.3 Å². The maximum atomic E-state index is 11.8. The van der Waals surface area contributed by atoms with Crippen LogP contribution in [0.25, 0.3) is 11.4 Å². The maximum absolute atomic E-state index is 11.8. The fraction of sp³-hybridized carbons (Fsp3) is 0.500. The average Bonchev–Trinajstić information content (AvgIpc) is 3.31. The van der Waals surface area contributed by atoms with Gasteiger partial charge in [0.2, 0.25) is 17.6 Å². The molecule has 0 aliphatic carbocycles. The second kappa shape index (κ2) is 8.43.